The molecule has 1 aromatic carbocycles. The van der Waals surface area contributed by atoms with Crippen LogP contribution in [0.5, 0.6) is 0 Å². The zero-order valence-corrected chi connectivity index (χ0v) is 8.88. The molecule has 0 aliphatic rings. The monoisotopic (exact) mass is 220 g/mol. The zero-order chi connectivity index (χ0) is 10.8. The van der Waals surface area contributed by atoms with Gasteiger partial charge < -0.3 is 4.98 Å². The molecule has 4 heteroatoms. The molecule has 2 aromatic rings. The summed E-state index contributed by atoms with van der Waals surface area (Å²) in [7, 11) is 0. The summed E-state index contributed by atoms with van der Waals surface area (Å²) in [6, 6.07) is 5.64. The molecule has 1 aromatic heterocycles. The van der Waals surface area contributed by atoms with Crippen molar-refractivity contribution in [2.45, 2.75) is 6.92 Å². The van der Waals surface area contributed by atoms with Crippen molar-refractivity contribution in [2.75, 3.05) is 0 Å². The fraction of sp³-hybridized carbons (Fsp3) is 0.0909. The van der Waals surface area contributed by atoms with Gasteiger partial charge in [-0.2, -0.15) is 0 Å². The maximum Gasteiger partial charge on any atom is 0.344 e. The Morgan fingerprint density at radius 3 is 2.87 bits per heavy atom. The standard InChI is InChI=1S/C11H9ClN2O/c1-7-9(3-2-4-10(7)12)8-5-13-11(15)14-6-8/h2-6H,1H3,(H,13,14,15). The number of nitrogens with zero attached hydrogens (tertiary/aromatic N) is 1. The number of rotatable bonds is 1. The third-order valence-corrected chi connectivity index (χ3v) is 2.66. The van der Waals surface area contributed by atoms with Crippen molar-refractivity contribution in [1.29, 1.82) is 0 Å². The van der Waals surface area contributed by atoms with Gasteiger partial charge in [0.2, 0.25) is 0 Å². The van der Waals surface area contributed by atoms with E-state index in [0.717, 1.165) is 16.7 Å². The van der Waals surface area contributed by atoms with Crippen LogP contribution in [0.2, 0.25) is 5.02 Å². The number of aromatic nitrogens is 2. The molecule has 0 saturated carbocycles. The van der Waals surface area contributed by atoms with Crippen molar-refractivity contribution in [3.63, 3.8) is 0 Å². The number of H-pyrrole nitrogens is 1. The van der Waals surface area contributed by atoms with Gasteiger partial charge in [0.15, 0.2) is 0 Å². The Morgan fingerprint density at radius 2 is 2.20 bits per heavy atom. The summed E-state index contributed by atoms with van der Waals surface area (Å²) in [6.07, 6.45) is 3.17. The molecule has 0 aliphatic carbocycles. The maximum absolute atomic E-state index is 10.8. The Kier molecular flexibility index (Phi) is 2.56. The van der Waals surface area contributed by atoms with Gasteiger partial charge in [0.05, 0.1) is 0 Å². The highest BCUT2D eigenvalue weighted by atomic mass is 35.5. The summed E-state index contributed by atoms with van der Waals surface area (Å²) in [4.78, 5) is 17.0. The van der Waals surface area contributed by atoms with Crippen LogP contribution in [0, 0.1) is 6.92 Å². The minimum Gasteiger partial charge on any atom is -0.312 e. The van der Waals surface area contributed by atoms with Gasteiger partial charge in [-0.1, -0.05) is 23.7 Å². The summed E-state index contributed by atoms with van der Waals surface area (Å²) in [6.45, 7) is 1.93. The van der Waals surface area contributed by atoms with E-state index in [1.807, 2.05) is 25.1 Å². The van der Waals surface area contributed by atoms with Gasteiger partial charge in [0.1, 0.15) is 0 Å². The molecule has 76 valence electrons. The molecule has 0 fully saturated rings. The van der Waals surface area contributed by atoms with Crippen molar-refractivity contribution in [3.05, 3.63) is 51.7 Å². The summed E-state index contributed by atoms with van der Waals surface area (Å²) in [5.41, 5.74) is 2.47. The molecular weight excluding hydrogens is 212 g/mol. The van der Waals surface area contributed by atoms with E-state index in [1.54, 1.807) is 6.20 Å². The molecule has 0 radical (unpaired) electrons. The van der Waals surface area contributed by atoms with Crippen LogP contribution >= 0.6 is 11.6 Å². The first-order valence-corrected chi connectivity index (χ1v) is 4.86. The average Bonchev–Trinajstić information content (AvgIpc) is 2.24. The van der Waals surface area contributed by atoms with Crippen LogP contribution in [-0.4, -0.2) is 9.97 Å². The highest BCUT2D eigenvalue weighted by Gasteiger charge is 2.04. The van der Waals surface area contributed by atoms with Crippen LogP contribution in [0.15, 0.2) is 35.4 Å². The fourth-order valence-electron chi connectivity index (χ4n) is 1.41. The van der Waals surface area contributed by atoms with E-state index in [4.69, 9.17) is 11.6 Å². The van der Waals surface area contributed by atoms with Crippen molar-refractivity contribution in [1.82, 2.24) is 9.97 Å². The minimum atomic E-state index is -0.349. The van der Waals surface area contributed by atoms with Gasteiger partial charge in [-0.15, -0.1) is 0 Å². The van der Waals surface area contributed by atoms with Gasteiger partial charge >= 0.3 is 5.69 Å². The molecule has 0 bridgehead atoms. The number of nitrogens with one attached hydrogen (secondary N) is 1. The molecule has 1 heterocycles. The number of aromatic amines is 1. The molecule has 0 spiro atoms. The fourth-order valence-corrected chi connectivity index (χ4v) is 1.58. The van der Waals surface area contributed by atoms with Gasteiger partial charge in [0.25, 0.3) is 0 Å². The second-order valence-electron chi connectivity index (χ2n) is 3.22. The molecule has 1 N–H and O–H groups in total. The third-order valence-electron chi connectivity index (χ3n) is 2.25. The van der Waals surface area contributed by atoms with Gasteiger partial charge in [-0.05, 0) is 24.1 Å². The summed E-state index contributed by atoms with van der Waals surface area (Å²) in [5.74, 6) is 0. The largest absolute Gasteiger partial charge is 0.344 e. The third kappa shape index (κ3) is 1.92. The Hall–Kier alpha value is -1.61. The van der Waals surface area contributed by atoms with Crippen LogP contribution in [0.1, 0.15) is 5.56 Å². The summed E-state index contributed by atoms with van der Waals surface area (Å²) < 4.78 is 0. The number of benzene rings is 1. The maximum atomic E-state index is 10.8. The number of hydrogen-bond acceptors (Lipinski definition) is 2. The lowest BCUT2D eigenvalue weighted by Crippen LogP contribution is -2.08. The van der Waals surface area contributed by atoms with Gasteiger partial charge in [-0.3, -0.25) is 0 Å². The molecule has 0 aliphatic heterocycles. The predicted molar refractivity (Wildman–Crippen MR) is 60.0 cm³/mol. The highest BCUT2D eigenvalue weighted by Crippen LogP contribution is 2.26. The van der Waals surface area contributed by atoms with Crippen LogP contribution in [-0.2, 0) is 0 Å². The zero-order valence-electron chi connectivity index (χ0n) is 8.12. The van der Waals surface area contributed by atoms with Crippen molar-refractivity contribution in [3.8, 4) is 11.1 Å². The van der Waals surface area contributed by atoms with Crippen molar-refractivity contribution < 1.29 is 0 Å². The van der Waals surface area contributed by atoms with E-state index in [9.17, 15) is 4.79 Å². The molecule has 0 atom stereocenters. The normalized spacial score (nSPS) is 10.3. The number of hydrogen-bond donors (Lipinski definition) is 1. The Balaban J connectivity index is 2.59. The van der Waals surface area contributed by atoms with Gasteiger partial charge in [-0.25, -0.2) is 9.78 Å². The Labute approximate surface area is 91.8 Å². The first-order chi connectivity index (χ1) is 7.18. The second-order valence-corrected chi connectivity index (χ2v) is 3.63. The van der Waals surface area contributed by atoms with Crippen molar-refractivity contribution in [2.24, 2.45) is 0 Å². The Morgan fingerprint density at radius 1 is 1.40 bits per heavy atom. The quantitative estimate of drug-likeness (QED) is 0.802. The van der Waals surface area contributed by atoms with Crippen LogP contribution in [0.3, 0.4) is 0 Å². The van der Waals surface area contributed by atoms with E-state index in [-0.39, 0.29) is 5.69 Å². The molecule has 0 saturated heterocycles. The Bertz CT molecular complexity index is 528. The molecule has 3 nitrogen and oxygen atoms in total. The van der Waals surface area contributed by atoms with E-state index in [0.29, 0.717) is 5.02 Å². The first-order valence-electron chi connectivity index (χ1n) is 4.48. The smallest absolute Gasteiger partial charge is 0.312 e. The van der Waals surface area contributed by atoms with E-state index < -0.39 is 0 Å². The first kappa shape index (κ1) is 9.93. The number of halogens is 1. The lowest BCUT2D eigenvalue weighted by atomic mass is 10.0. The topological polar surface area (TPSA) is 45.8 Å². The van der Waals surface area contributed by atoms with Gasteiger partial charge in [0, 0.05) is 23.0 Å². The molecule has 2 rings (SSSR count). The van der Waals surface area contributed by atoms with E-state index in [2.05, 4.69) is 9.97 Å². The van der Waals surface area contributed by atoms with E-state index >= 15 is 0 Å². The minimum absolute atomic E-state index is 0.349. The lowest BCUT2D eigenvalue weighted by Gasteiger charge is -2.06. The molecular formula is C11H9ClN2O. The second kappa shape index (κ2) is 3.87. The lowest BCUT2D eigenvalue weighted by molar-refractivity contribution is 1.08. The van der Waals surface area contributed by atoms with Crippen LogP contribution < -0.4 is 5.69 Å². The molecule has 0 unspecified atom stereocenters. The SMILES string of the molecule is Cc1c(Cl)cccc1-c1cnc(=O)[nH]c1. The highest BCUT2D eigenvalue weighted by molar-refractivity contribution is 6.31. The summed E-state index contributed by atoms with van der Waals surface area (Å²) >= 11 is 6.00. The summed E-state index contributed by atoms with van der Waals surface area (Å²) in [5, 5.41) is 0.707. The van der Waals surface area contributed by atoms with Crippen LogP contribution in [0.4, 0.5) is 0 Å². The molecule has 0 amide bonds. The van der Waals surface area contributed by atoms with Crippen LogP contribution in [0.25, 0.3) is 11.1 Å². The van der Waals surface area contributed by atoms with E-state index in [1.165, 1.54) is 6.20 Å². The average molecular weight is 221 g/mol. The molecule has 15 heavy (non-hydrogen) atoms. The van der Waals surface area contributed by atoms with Crippen molar-refractivity contribution >= 4 is 11.6 Å². The predicted octanol–water partition coefficient (Wildman–Crippen LogP) is 2.40.